The minimum Gasteiger partial charge on any atom is -0.326 e. The lowest BCUT2D eigenvalue weighted by molar-refractivity contribution is -0.387. The molecule has 1 aliphatic rings. The SMILES string of the molecule is CC1CN(Cc2cccc([N+](=O)[O-])c2F)CC1N. The molecular formula is C12H16FN3O2. The van der Waals surface area contributed by atoms with Gasteiger partial charge in [0.05, 0.1) is 4.92 Å². The van der Waals surface area contributed by atoms with E-state index >= 15 is 0 Å². The molecule has 1 saturated heterocycles. The molecule has 1 aliphatic heterocycles. The molecule has 0 radical (unpaired) electrons. The van der Waals surface area contributed by atoms with Gasteiger partial charge in [0.2, 0.25) is 5.82 Å². The molecule has 0 aromatic heterocycles. The highest BCUT2D eigenvalue weighted by Crippen LogP contribution is 2.23. The van der Waals surface area contributed by atoms with Crippen LogP contribution in [0.1, 0.15) is 12.5 Å². The van der Waals surface area contributed by atoms with Crippen molar-refractivity contribution in [2.24, 2.45) is 11.7 Å². The Morgan fingerprint density at radius 2 is 2.28 bits per heavy atom. The highest BCUT2D eigenvalue weighted by atomic mass is 19.1. The number of rotatable bonds is 3. The van der Waals surface area contributed by atoms with E-state index in [-0.39, 0.29) is 6.04 Å². The van der Waals surface area contributed by atoms with Gasteiger partial charge in [-0.2, -0.15) is 4.39 Å². The summed E-state index contributed by atoms with van der Waals surface area (Å²) in [6, 6.07) is 4.36. The third-order valence-electron chi connectivity index (χ3n) is 3.40. The molecule has 2 N–H and O–H groups in total. The van der Waals surface area contributed by atoms with Crippen molar-refractivity contribution in [2.75, 3.05) is 13.1 Å². The maximum atomic E-state index is 13.9. The fourth-order valence-electron chi connectivity index (χ4n) is 2.29. The van der Waals surface area contributed by atoms with Gasteiger partial charge >= 0.3 is 5.69 Å². The molecule has 1 fully saturated rings. The number of hydrogen-bond acceptors (Lipinski definition) is 4. The molecule has 6 heteroatoms. The molecule has 98 valence electrons. The normalized spacial score (nSPS) is 24.4. The Kier molecular flexibility index (Phi) is 3.58. The minimum atomic E-state index is -0.740. The van der Waals surface area contributed by atoms with E-state index in [4.69, 9.17) is 5.73 Å². The number of nitro benzene ring substituents is 1. The van der Waals surface area contributed by atoms with Crippen molar-refractivity contribution in [2.45, 2.75) is 19.5 Å². The fraction of sp³-hybridized carbons (Fsp3) is 0.500. The molecule has 0 amide bonds. The van der Waals surface area contributed by atoms with E-state index in [0.717, 1.165) is 6.54 Å². The first-order valence-electron chi connectivity index (χ1n) is 5.88. The fourth-order valence-corrected chi connectivity index (χ4v) is 2.29. The Morgan fingerprint density at radius 1 is 1.56 bits per heavy atom. The lowest BCUT2D eigenvalue weighted by atomic mass is 10.1. The van der Waals surface area contributed by atoms with Crippen molar-refractivity contribution >= 4 is 5.69 Å². The summed E-state index contributed by atoms with van der Waals surface area (Å²) in [6.07, 6.45) is 0. The molecule has 1 aromatic rings. The average molecular weight is 253 g/mol. The van der Waals surface area contributed by atoms with Crippen molar-refractivity contribution in [1.29, 1.82) is 0 Å². The first kappa shape index (κ1) is 12.9. The van der Waals surface area contributed by atoms with E-state index in [1.807, 2.05) is 4.90 Å². The third kappa shape index (κ3) is 2.49. The summed E-state index contributed by atoms with van der Waals surface area (Å²) >= 11 is 0. The second kappa shape index (κ2) is 4.99. The molecule has 0 aliphatic carbocycles. The molecule has 0 spiro atoms. The zero-order chi connectivity index (χ0) is 13.3. The highest BCUT2D eigenvalue weighted by molar-refractivity contribution is 5.36. The summed E-state index contributed by atoms with van der Waals surface area (Å²) in [5.74, 6) is -0.373. The van der Waals surface area contributed by atoms with Crippen LogP contribution in [-0.4, -0.2) is 29.0 Å². The number of halogens is 1. The Balaban J connectivity index is 2.15. The molecule has 2 atom stereocenters. The van der Waals surface area contributed by atoms with Crippen molar-refractivity contribution in [3.63, 3.8) is 0 Å². The van der Waals surface area contributed by atoms with Crippen LogP contribution < -0.4 is 5.73 Å². The van der Waals surface area contributed by atoms with Crippen molar-refractivity contribution in [3.05, 3.63) is 39.7 Å². The first-order chi connectivity index (χ1) is 8.49. The molecule has 2 unspecified atom stereocenters. The molecule has 1 aromatic carbocycles. The third-order valence-corrected chi connectivity index (χ3v) is 3.40. The number of hydrogen-bond donors (Lipinski definition) is 1. The molecular weight excluding hydrogens is 237 g/mol. The predicted molar refractivity (Wildman–Crippen MR) is 65.5 cm³/mol. The highest BCUT2D eigenvalue weighted by Gasteiger charge is 2.28. The van der Waals surface area contributed by atoms with Crippen LogP contribution in [0.3, 0.4) is 0 Å². The standard InChI is InChI=1S/C12H16FN3O2/c1-8-5-15(7-10(8)14)6-9-3-2-4-11(12(9)13)16(17)18/h2-4,8,10H,5-7,14H2,1H3. The smallest absolute Gasteiger partial charge is 0.305 e. The van der Waals surface area contributed by atoms with Crippen LogP contribution in [0.5, 0.6) is 0 Å². The second-order valence-electron chi connectivity index (χ2n) is 4.84. The predicted octanol–water partition coefficient (Wildman–Crippen LogP) is 1.51. The van der Waals surface area contributed by atoms with Gasteiger partial charge in [-0.05, 0) is 5.92 Å². The van der Waals surface area contributed by atoms with Gasteiger partial charge < -0.3 is 5.73 Å². The maximum absolute atomic E-state index is 13.9. The van der Waals surface area contributed by atoms with Gasteiger partial charge in [0, 0.05) is 37.3 Å². The molecule has 18 heavy (non-hydrogen) atoms. The molecule has 2 rings (SSSR count). The van der Waals surface area contributed by atoms with Gasteiger partial charge in [-0.25, -0.2) is 0 Å². The number of nitrogens with zero attached hydrogens (tertiary/aromatic N) is 2. The average Bonchev–Trinajstić information content (AvgIpc) is 2.60. The largest absolute Gasteiger partial charge is 0.326 e. The lowest BCUT2D eigenvalue weighted by Crippen LogP contribution is -2.28. The van der Waals surface area contributed by atoms with Crippen molar-refractivity contribution in [3.8, 4) is 0 Å². The molecule has 0 bridgehead atoms. The minimum absolute atomic E-state index is 0.0896. The van der Waals surface area contributed by atoms with Crippen LogP contribution in [0.2, 0.25) is 0 Å². The van der Waals surface area contributed by atoms with E-state index in [9.17, 15) is 14.5 Å². The lowest BCUT2D eigenvalue weighted by Gasteiger charge is -2.15. The summed E-state index contributed by atoms with van der Waals surface area (Å²) in [5.41, 5.74) is 5.78. The number of nitro groups is 1. The topological polar surface area (TPSA) is 72.4 Å². The van der Waals surface area contributed by atoms with E-state index in [0.29, 0.717) is 24.6 Å². The summed E-state index contributed by atoms with van der Waals surface area (Å²) in [5, 5.41) is 10.6. The van der Waals surface area contributed by atoms with E-state index in [1.54, 1.807) is 6.07 Å². The van der Waals surface area contributed by atoms with Crippen LogP contribution in [-0.2, 0) is 6.54 Å². The van der Waals surface area contributed by atoms with Gasteiger partial charge in [0.15, 0.2) is 0 Å². The van der Waals surface area contributed by atoms with Gasteiger partial charge in [-0.1, -0.05) is 19.1 Å². The van der Waals surface area contributed by atoms with Gasteiger partial charge in [-0.3, -0.25) is 15.0 Å². The Morgan fingerprint density at radius 3 is 2.83 bits per heavy atom. The van der Waals surface area contributed by atoms with Crippen LogP contribution >= 0.6 is 0 Å². The Hall–Kier alpha value is -1.53. The Labute approximate surface area is 105 Å². The zero-order valence-corrected chi connectivity index (χ0v) is 10.2. The maximum Gasteiger partial charge on any atom is 0.305 e. The number of nitrogens with two attached hydrogens (primary N) is 1. The van der Waals surface area contributed by atoms with E-state index in [1.165, 1.54) is 12.1 Å². The molecule has 0 saturated carbocycles. The molecule has 5 nitrogen and oxygen atoms in total. The van der Waals surface area contributed by atoms with E-state index in [2.05, 4.69) is 6.92 Å². The van der Waals surface area contributed by atoms with Crippen molar-refractivity contribution < 1.29 is 9.31 Å². The summed E-state index contributed by atoms with van der Waals surface area (Å²) in [7, 11) is 0. The first-order valence-corrected chi connectivity index (χ1v) is 5.88. The van der Waals surface area contributed by atoms with Crippen LogP contribution in [0.25, 0.3) is 0 Å². The van der Waals surface area contributed by atoms with Crippen LogP contribution in [0.4, 0.5) is 10.1 Å². The van der Waals surface area contributed by atoms with Gasteiger partial charge in [-0.15, -0.1) is 0 Å². The van der Waals surface area contributed by atoms with Crippen LogP contribution in [0.15, 0.2) is 18.2 Å². The van der Waals surface area contributed by atoms with E-state index < -0.39 is 16.4 Å². The summed E-state index contributed by atoms with van der Waals surface area (Å²) < 4.78 is 13.9. The van der Waals surface area contributed by atoms with Gasteiger partial charge in [0.25, 0.3) is 0 Å². The quantitative estimate of drug-likeness (QED) is 0.654. The van der Waals surface area contributed by atoms with Crippen molar-refractivity contribution in [1.82, 2.24) is 4.90 Å². The Bertz CT molecular complexity index is 457. The zero-order valence-electron chi connectivity index (χ0n) is 10.2. The van der Waals surface area contributed by atoms with Crippen LogP contribution in [0, 0.1) is 21.8 Å². The number of likely N-dealkylation sites (tertiary alicyclic amines) is 1. The molecule has 1 heterocycles. The van der Waals surface area contributed by atoms with Gasteiger partial charge in [0.1, 0.15) is 0 Å². The summed E-state index contributed by atoms with van der Waals surface area (Å²) in [4.78, 5) is 12.0. The number of benzene rings is 1. The second-order valence-corrected chi connectivity index (χ2v) is 4.84. The summed E-state index contributed by atoms with van der Waals surface area (Å²) in [6.45, 7) is 3.91. The monoisotopic (exact) mass is 253 g/mol.